The maximum Gasteiger partial charge on any atom is 0.158 e. The minimum absolute atomic E-state index is 0.0337. The lowest BCUT2D eigenvalue weighted by Crippen LogP contribution is -2.34. The van der Waals surface area contributed by atoms with Crippen molar-refractivity contribution in [1.29, 1.82) is 0 Å². The average molecular weight is 257 g/mol. The lowest BCUT2D eigenvalue weighted by Gasteiger charge is -2.28. The van der Waals surface area contributed by atoms with Crippen LogP contribution in [0.5, 0.6) is 0 Å². The third kappa shape index (κ3) is 5.25. The third-order valence-electron chi connectivity index (χ3n) is 4.18. The topological polar surface area (TPSA) is 30.5 Å². The molecule has 0 aromatic rings. The molecule has 1 rings (SSSR count). The summed E-state index contributed by atoms with van der Waals surface area (Å²) in [6.07, 6.45) is 7.84. The Kier molecular flexibility index (Phi) is 7.87. The van der Waals surface area contributed by atoms with Crippen LogP contribution in [0.25, 0.3) is 0 Å². The van der Waals surface area contributed by atoms with Crippen molar-refractivity contribution in [3.63, 3.8) is 0 Å². The first kappa shape index (κ1) is 15.9. The van der Waals surface area contributed by atoms with Crippen LogP contribution in [0, 0.1) is 5.41 Å². The maximum atomic E-state index is 5.54. The first-order valence-electron chi connectivity index (χ1n) is 7.70. The van der Waals surface area contributed by atoms with Gasteiger partial charge in [0.2, 0.25) is 0 Å². The van der Waals surface area contributed by atoms with Crippen molar-refractivity contribution >= 4 is 0 Å². The van der Waals surface area contributed by atoms with E-state index in [-0.39, 0.29) is 6.29 Å². The molecule has 0 aromatic heterocycles. The van der Waals surface area contributed by atoms with E-state index in [1.807, 2.05) is 13.8 Å². The molecule has 0 aromatic carbocycles. The van der Waals surface area contributed by atoms with E-state index in [0.717, 1.165) is 32.7 Å². The fourth-order valence-corrected chi connectivity index (χ4v) is 2.94. The molecule has 1 aliphatic carbocycles. The average Bonchev–Trinajstić information content (AvgIpc) is 2.84. The van der Waals surface area contributed by atoms with Crippen LogP contribution in [0.4, 0.5) is 0 Å². The zero-order chi connectivity index (χ0) is 13.3. The molecule has 3 nitrogen and oxygen atoms in total. The van der Waals surface area contributed by atoms with Crippen molar-refractivity contribution in [2.75, 3.05) is 26.3 Å². The van der Waals surface area contributed by atoms with Gasteiger partial charge in [0.05, 0.1) is 0 Å². The van der Waals surface area contributed by atoms with Crippen molar-refractivity contribution in [3.8, 4) is 0 Å². The predicted molar refractivity (Wildman–Crippen MR) is 75.7 cm³/mol. The summed E-state index contributed by atoms with van der Waals surface area (Å²) in [7, 11) is 0. The summed E-state index contributed by atoms with van der Waals surface area (Å²) >= 11 is 0. The SMILES string of the molecule is CCOC(CCNCC1(CC)CCCC1)OCC. The highest BCUT2D eigenvalue weighted by Crippen LogP contribution is 2.40. The van der Waals surface area contributed by atoms with E-state index in [1.165, 1.54) is 32.1 Å². The van der Waals surface area contributed by atoms with Gasteiger partial charge in [-0.3, -0.25) is 0 Å². The van der Waals surface area contributed by atoms with Crippen LogP contribution in [-0.4, -0.2) is 32.6 Å². The Balaban J connectivity index is 2.16. The molecule has 0 heterocycles. The zero-order valence-corrected chi connectivity index (χ0v) is 12.5. The highest BCUT2D eigenvalue weighted by molar-refractivity contribution is 4.85. The molecule has 18 heavy (non-hydrogen) atoms. The van der Waals surface area contributed by atoms with E-state index in [9.17, 15) is 0 Å². The Morgan fingerprint density at radius 1 is 1.06 bits per heavy atom. The summed E-state index contributed by atoms with van der Waals surface area (Å²) in [5.41, 5.74) is 0.576. The highest BCUT2D eigenvalue weighted by atomic mass is 16.7. The van der Waals surface area contributed by atoms with Crippen molar-refractivity contribution in [2.45, 2.75) is 65.6 Å². The summed E-state index contributed by atoms with van der Waals surface area (Å²) in [5.74, 6) is 0. The van der Waals surface area contributed by atoms with Gasteiger partial charge in [-0.2, -0.15) is 0 Å². The van der Waals surface area contributed by atoms with Crippen LogP contribution >= 0.6 is 0 Å². The van der Waals surface area contributed by atoms with Crippen molar-refractivity contribution in [3.05, 3.63) is 0 Å². The van der Waals surface area contributed by atoms with Gasteiger partial charge in [-0.15, -0.1) is 0 Å². The number of ether oxygens (including phenoxy) is 2. The minimum Gasteiger partial charge on any atom is -0.353 e. The lowest BCUT2D eigenvalue weighted by atomic mass is 9.83. The Morgan fingerprint density at radius 3 is 2.17 bits per heavy atom. The molecular formula is C15H31NO2. The number of hydrogen-bond acceptors (Lipinski definition) is 3. The van der Waals surface area contributed by atoms with Crippen LogP contribution in [0.1, 0.15) is 59.3 Å². The van der Waals surface area contributed by atoms with Gasteiger partial charge in [-0.1, -0.05) is 19.8 Å². The molecule has 1 saturated carbocycles. The molecule has 0 radical (unpaired) electrons. The van der Waals surface area contributed by atoms with Crippen LogP contribution < -0.4 is 5.32 Å². The van der Waals surface area contributed by atoms with Crippen molar-refractivity contribution in [1.82, 2.24) is 5.32 Å². The molecule has 1 aliphatic rings. The first-order chi connectivity index (χ1) is 8.76. The largest absolute Gasteiger partial charge is 0.353 e. The molecule has 1 fully saturated rings. The van der Waals surface area contributed by atoms with E-state index in [2.05, 4.69) is 12.2 Å². The summed E-state index contributed by atoms with van der Waals surface area (Å²) < 4.78 is 11.1. The van der Waals surface area contributed by atoms with Gasteiger partial charge in [0, 0.05) is 26.2 Å². The van der Waals surface area contributed by atoms with Gasteiger partial charge in [0.15, 0.2) is 6.29 Å². The van der Waals surface area contributed by atoms with Gasteiger partial charge in [0.25, 0.3) is 0 Å². The molecule has 0 spiro atoms. The smallest absolute Gasteiger partial charge is 0.158 e. The molecule has 1 N–H and O–H groups in total. The highest BCUT2D eigenvalue weighted by Gasteiger charge is 2.31. The van der Waals surface area contributed by atoms with Crippen LogP contribution in [-0.2, 0) is 9.47 Å². The lowest BCUT2D eigenvalue weighted by molar-refractivity contribution is -0.138. The van der Waals surface area contributed by atoms with Gasteiger partial charge in [-0.25, -0.2) is 0 Å². The standard InChI is InChI=1S/C15H31NO2/c1-4-15(10-7-8-11-15)13-16-12-9-14(17-5-2)18-6-3/h14,16H,4-13H2,1-3H3. The van der Waals surface area contributed by atoms with E-state index >= 15 is 0 Å². The number of rotatable bonds is 10. The zero-order valence-electron chi connectivity index (χ0n) is 12.5. The quantitative estimate of drug-likeness (QED) is 0.481. The van der Waals surface area contributed by atoms with Gasteiger partial charge in [-0.05, 0) is 45.1 Å². The fourth-order valence-electron chi connectivity index (χ4n) is 2.94. The molecule has 0 unspecified atom stereocenters. The summed E-state index contributed by atoms with van der Waals surface area (Å²) in [4.78, 5) is 0. The van der Waals surface area contributed by atoms with Gasteiger partial charge in [0.1, 0.15) is 0 Å². The van der Waals surface area contributed by atoms with Crippen LogP contribution in [0.2, 0.25) is 0 Å². The van der Waals surface area contributed by atoms with E-state index in [1.54, 1.807) is 0 Å². The van der Waals surface area contributed by atoms with E-state index < -0.39 is 0 Å². The van der Waals surface area contributed by atoms with Crippen LogP contribution in [0.3, 0.4) is 0 Å². The maximum absolute atomic E-state index is 5.54. The molecule has 0 amide bonds. The molecule has 0 saturated heterocycles. The second-order valence-corrected chi connectivity index (χ2v) is 5.37. The third-order valence-corrected chi connectivity index (χ3v) is 4.18. The molecule has 0 atom stereocenters. The van der Waals surface area contributed by atoms with Crippen LogP contribution in [0.15, 0.2) is 0 Å². The number of hydrogen-bond donors (Lipinski definition) is 1. The predicted octanol–water partition coefficient (Wildman–Crippen LogP) is 3.34. The Labute approximate surface area is 113 Å². The molecule has 0 bridgehead atoms. The van der Waals surface area contributed by atoms with E-state index in [0.29, 0.717) is 5.41 Å². The normalized spacial score (nSPS) is 18.7. The second kappa shape index (κ2) is 8.89. The van der Waals surface area contributed by atoms with Gasteiger partial charge < -0.3 is 14.8 Å². The Bertz CT molecular complexity index is 197. The Hall–Kier alpha value is -0.120. The van der Waals surface area contributed by atoms with Crippen molar-refractivity contribution < 1.29 is 9.47 Å². The molecular weight excluding hydrogens is 226 g/mol. The first-order valence-corrected chi connectivity index (χ1v) is 7.70. The van der Waals surface area contributed by atoms with E-state index in [4.69, 9.17) is 9.47 Å². The monoisotopic (exact) mass is 257 g/mol. The fraction of sp³-hybridized carbons (Fsp3) is 1.00. The van der Waals surface area contributed by atoms with Gasteiger partial charge >= 0.3 is 0 Å². The second-order valence-electron chi connectivity index (χ2n) is 5.37. The summed E-state index contributed by atoms with van der Waals surface area (Å²) in [6.45, 7) is 9.97. The minimum atomic E-state index is -0.0337. The summed E-state index contributed by atoms with van der Waals surface area (Å²) in [6, 6.07) is 0. The van der Waals surface area contributed by atoms with Crippen molar-refractivity contribution in [2.24, 2.45) is 5.41 Å². The molecule has 0 aliphatic heterocycles. The molecule has 3 heteroatoms. The number of nitrogens with one attached hydrogen (secondary N) is 1. The summed E-state index contributed by atoms with van der Waals surface area (Å²) in [5, 5.41) is 3.61. The Morgan fingerprint density at radius 2 is 1.67 bits per heavy atom. The molecule has 108 valence electrons.